The van der Waals surface area contributed by atoms with E-state index in [1.54, 1.807) is 13.2 Å². The largest absolute Gasteiger partial charge is 0.504 e. The van der Waals surface area contributed by atoms with Gasteiger partial charge in [-0.1, -0.05) is 17.7 Å². The van der Waals surface area contributed by atoms with Crippen LogP contribution in [-0.2, 0) is 6.42 Å². The smallest absolute Gasteiger partial charge is 0.160 e. The van der Waals surface area contributed by atoms with Gasteiger partial charge in [0, 0.05) is 0 Å². The third kappa shape index (κ3) is 3.61. The van der Waals surface area contributed by atoms with Crippen LogP contribution in [0.25, 0.3) is 0 Å². The van der Waals surface area contributed by atoms with Crippen LogP contribution >= 0.6 is 0 Å². The summed E-state index contributed by atoms with van der Waals surface area (Å²) in [4.78, 5) is 0. The number of phenolic OH excluding ortho intramolecular Hbond substituents is 1. The molecule has 1 rings (SSSR count). The Bertz CT molecular complexity index is 367. The van der Waals surface area contributed by atoms with Gasteiger partial charge < -0.3 is 9.84 Å². The number of allylic oxidation sites excluding steroid dienone is 2. The van der Waals surface area contributed by atoms with Crippen molar-refractivity contribution in [2.45, 2.75) is 33.1 Å². The van der Waals surface area contributed by atoms with Crippen LogP contribution in [0.15, 0.2) is 29.8 Å². The molecular formula is C14H20O2. The summed E-state index contributed by atoms with van der Waals surface area (Å²) in [7, 11) is 1.57. The molecule has 2 nitrogen and oxygen atoms in total. The van der Waals surface area contributed by atoms with E-state index in [1.807, 2.05) is 12.1 Å². The highest BCUT2D eigenvalue weighted by Gasteiger charge is 2.02. The van der Waals surface area contributed by atoms with Crippen LogP contribution in [-0.4, -0.2) is 12.2 Å². The highest BCUT2D eigenvalue weighted by Crippen LogP contribution is 2.27. The zero-order valence-corrected chi connectivity index (χ0v) is 10.3. The molecule has 2 heteroatoms. The number of rotatable bonds is 5. The van der Waals surface area contributed by atoms with Gasteiger partial charge in [-0.2, -0.15) is 0 Å². The molecule has 0 radical (unpaired) electrons. The van der Waals surface area contributed by atoms with Gasteiger partial charge in [0.05, 0.1) is 7.11 Å². The maximum Gasteiger partial charge on any atom is 0.160 e. The van der Waals surface area contributed by atoms with Crippen LogP contribution < -0.4 is 4.74 Å². The molecule has 0 fully saturated rings. The first-order chi connectivity index (χ1) is 7.67. The van der Waals surface area contributed by atoms with Crippen LogP contribution in [0.4, 0.5) is 0 Å². The maximum absolute atomic E-state index is 9.45. The van der Waals surface area contributed by atoms with E-state index in [0.717, 1.165) is 19.3 Å². The molecule has 16 heavy (non-hydrogen) atoms. The number of aryl methyl sites for hydroxylation is 1. The Morgan fingerprint density at radius 1 is 1.44 bits per heavy atom. The van der Waals surface area contributed by atoms with E-state index in [2.05, 4.69) is 19.9 Å². The number of ether oxygens (including phenoxy) is 1. The Kier molecular flexibility index (Phi) is 4.90. The van der Waals surface area contributed by atoms with Crippen LogP contribution in [0.1, 0.15) is 32.3 Å². The highest BCUT2D eigenvalue weighted by molar-refractivity contribution is 5.41. The SMILES string of the molecule is CC=C(C)CCCc1ccc(O)c(OC)c1. The lowest BCUT2D eigenvalue weighted by molar-refractivity contribution is 0.373. The Morgan fingerprint density at radius 2 is 2.19 bits per heavy atom. The minimum atomic E-state index is 0.205. The molecule has 0 saturated carbocycles. The zero-order valence-electron chi connectivity index (χ0n) is 10.3. The third-order valence-corrected chi connectivity index (χ3v) is 2.77. The third-order valence-electron chi connectivity index (χ3n) is 2.77. The predicted octanol–water partition coefficient (Wildman–Crippen LogP) is 3.69. The fourth-order valence-corrected chi connectivity index (χ4v) is 1.59. The molecule has 0 bridgehead atoms. The van der Waals surface area contributed by atoms with Gasteiger partial charge in [0.25, 0.3) is 0 Å². The highest BCUT2D eigenvalue weighted by atomic mass is 16.5. The summed E-state index contributed by atoms with van der Waals surface area (Å²) >= 11 is 0. The average Bonchev–Trinajstić information content (AvgIpc) is 2.31. The lowest BCUT2D eigenvalue weighted by Crippen LogP contribution is -1.89. The lowest BCUT2D eigenvalue weighted by atomic mass is 10.0. The molecule has 1 aromatic carbocycles. The second kappa shape index (κ2) is 6.21. The Hall–Kier alpha value is -1.44. The van der Waals surface area contributed by atoms with Gasteiger partial charge in [0.2, 0.25) is 0 Å². The molecule has 0 atom stereocenters. The molecular weight excluding hydrogens is 200 g/mol. The van der Waals surface area contributed by atoms with Crippen molar-refractivity contribution in [3.63, 3.8) is 0 Å². The first kappa shape index (κ1) is 12.6. The maximum atomic E-state index is 9.45. The monoisotopic (exact) mass is 220 g/mol. The van der Waals surface area contributed by atoms with E-state index in [9.17, 15) is 5.11 Å². The van der Waals surface area contributed by atoms with Gasteiger partial charge in [-0.25, -0.2) is 0 Å². The molecule has 0 unspecified atom stereocenters. The van der Waals surface area contributed by atoms with Crippen molar-refractivity contribution in [2.24, 2.45) is 0 Å². The topological polar surface area (TPSA) is 29.5 Å². The first-order valence-corrected chi connectivity index (χ1v) is 5.65. The fraction of sp³-hybridized carbons (Fsp3) is 0.429. The Balaban J connectivity index is 2.54. The Labute approximate surface area is 97.6 Å². The number of aromatic hydroxyl groups is 1. The van der Waals surface area contributed by atoms with Crippen LogP contribution in [0.2, 0.25) is 0 Å². The van der Waals surface area contributed by atoms with Crippen molar-refractivity contribution >= 4 is 0 Å². The summed E-state index contributed by atoms with van der Waals surface area (Å²) in [5.41, 5.74) is 2.63. The van der Waals surface area contributed by atoms with Crippen LogP contribution in [0.5, 0.6) is 11.5 Å². The van der Waals surface area contributed by atoms with Gasteiger partial charge in [-0.3, -0.25) is 0 Å². The summed E-state index contributed by atoms with van der Waals surface area (Å²) in [6.45, 7) is 4.22. The Morgan fingerprint density at radius 3 is 2.81 bits per heavy atom. The van der Waals surface area contributed by atoms with Crippen molar-refractivity contribution in [2.75, 3.05) is 7.11 Å². The van der Waals surface area contributed by atoms with Crippen molar-refractivity contribution in [3.05, 3.63) is 35.4 Å². The minimum Gasteiger partial charge on any atom is -0.504 e. The van der Waals surface area contributed by atoms with Crippen molar-refractivity contribution in [3.8, 4) is 11.5 Å². The van der Waals surface area contributed by atoms with Crippen LogP contribution in [0, 0.1) is 0 Å². The molecule has 1 N–H and O–H groups in total. The number of hydrogen-bond donors (Lipinski definition) is 1. The van der Waals surface area contributed by atoms with Crippen molar-refractivity contribution in [1.82, 2.24) is 0 Å². The predicted molar refractivity (Wildman–Crippen MR) is 67.0 cm³/mol. The standard InChI is InChI=1S/C14H20O2/c1-4-11(2)6-5-7-12-8-9-13(15)14(10-12)16-3/h4,8-10,15H,5-7H2,1-3H3. The van der Waals surface area contributed by atoms with Gasteiger partial charge >= 0.3 is 0 Å². The zero-order chi connectivity index (χ0) is 12.0. The molecule has 0 aliphatic rings. The van der Waals surface area contributed by atoms with E-state index in [1.165, 1.54) is 11.1 Å². The molecule has 0 spiro atoms. The molecule has 88 valence electrons. The second-order valence-electron chi connectivity index (χ2n) is 3.99. The van der Waals surface area contributed by atoms with Crippen molar-refractivity contribution in [1.29, 1.82) is 0 Å². The summed E-state index contributed by atoms with van der Waals surface area (Å²) in [6.07, 6.45) is 5.42. The molecule has 0 heterocycles. The van der Waals surface area contributed by atoms with Crippen molar-refractivity contribution < 1.29 is 9.84 Å². The lowest BCUT2D eigenvalue weighted by Gasteiger charge is -2.06. The van der Waals surface area contributed by atoms with E-state index < -0.39 is 0 Å². The quantitative estimate of drug-likeness (QED) is 0.767. The molecule has 0 amide bonds. The van der Waals surface area contributed by atoms with Gasteiger partial charge in [-0.05, 0) is 50.8 Å². The molecule has 0 saturated heterocycles. The number of hydrogen-bond acceptors (Lipinski definition) is 2. The molecule has 0 aromatic heterocycles. The summed E-state index contributed by atoms with van der Waals surface area (Å²) in [5, 5.41) is 9.45. The van der Waals surface area contributed by atoms with E-state index >= 15 is 0 Å². The molecule has 1 aromatic rings. The second-order valence-corrected chi connectivity index (χ2v) is 3.99. The van der Waals surface area contributed by atoms with E-state index in [4.69, 9.17) is 4.74 Å². The first-order valence-electron chi connectivity index (χ1n) is 5.65. The molecule has 0 aliphatic carbocycles. The number of methoxy groups -OCH3 is 1. The minimum absolute atomic E-state index is 0.205. The van der Waals surface area contributed by atoms with Gasteiger partial charge in [-0.15, -0.1) is 0 Å². The normalized spacial score (nSPS) is 11.6. The summed E-state index contributed by atoms with van der Waals surface area (Å²) in [5.74, 6) is 0.760. The summed E-state index contributed by atoms with van der Waals surface area (Å²) < 4.78 is 5.07. The number of benzene rings is 1. The molecule has 0 aliphatic heterocycles. The summed E-state index contributed by atoms with van der Waals surface area (Å²) in [6, 6.07) is 5.54. The van der Waals surface area contributed by atoms with E-state index in [0.29, 0.717) is 5.75 Å². The van der Waals surface area contributed by atoms with Gasteiger partial charge in [0.1, 0.15) is 0 Å². The van der Waals surface area contributed by atoms with Gasteiger partial charge in [0.15, 0.2) is 11.5 Å². The fourth-order valence-electron chi connectivity index (χ4n) is 1.59. The van der Waals surface area contributed by atoms with E-state index in [-0.39, 0.29) is 5.75 Å². The van der Waals surface area contributed by atoms with Crippen LogP contribution in [0.3, 0.4) is 0 Å². The number of phenols is 1. The average molecular weight is 220 g/mol.